The fraction of sp³-hybridized carbons (Fsp3) is 0.400. The molecule has 0 bridgehead atoms. The van der Waals surface area contributed by atoms with Gasteiger partial charge >= 0.3 is 0 Å². The van der Waals surface area contributed by atoms with Crippen molar-refractivity contribution in [1.82, 2.24) is 10.3 Å². The Hall–Kier alpha value is -2.54. The van der Waals surface area contributed by atoms with Crippen molar-refractivity contribution in [2.24, 2.45) is 0 Å². The van der Waals surface area contributed by atoms with Crippen molar-refractivity contribution in [3.8, 4) is 11.5 Å². The number of ether oxygens (including phenoxy) is 2. The van der Waals surface area contributed by atoms with Crippen LogP contribution in [-0.2, 0) is 6.54 Å². The molecule has 142 valence electrons. The van der Waals surface area contributed by atoms with Crippen LogP contribution in [0.2, 0.25) is 0 Å². The van der Waals surface area contributed by atoms with E-state index in [1.807, 2.05) is 30.5 Å². The molecule has 2 aliphatic heterocycles. The summed E-state index contributed by atoms with van der Waals surface area (Å²) in [6, 6.07) is 10.0. The maximum atomic E-state index is 5.61. The Morgan fingerprint density at radius 3 is 2.63 bits per heavy atom. The van der Waals surface area contributed by atoms with Gasteiger partial charge in [-0.05, 0) is 61.3 Å². The summed E-state index contributed by atoms with van der Waals surface area (Å²) in [7, 11) is 0. The molecule has 27 heavy (non-hydrogen) atoms. The van der Waals surface area contributed by atoms with Gasteiger partial charge in [-0.1, -0.05) is 6.07 Å². The molecule has 4 rings (SSSR count). The number of fused-ring (bicyclic) bond motifs is 1. The molecule has 0 radical (unpaired) electrons. The molecule has 0 aliphatic carbocycles. The van der Waals surface area contributed by atoms with Gasteiger partial charge in [0, 0.05) is 19.6 Å². The third-order valence-corrected chi connectivity index (χ3v) is 4.99. The first-order chi connectivity index (χ1) is 13.3. The quantitative estimate of drug-likeness (QED) is 0.784. The van der Waals surface area contributed by atoms with Crippen molar-refractivity contribution in [3.63, 3.8) is 0 Å². The van der Waals surface area contributed by atoms with Crippen LogP contribution in [0.25, 0.3) is 0 Å². The van der Waals surface area contributed by atoms with Gasteiger partial charge in [0.15, 0.2) is 16.6 Å². The van der Waals surface area contributed by atoms with Gasteiger partial charge in [-0.3, -0.25) is 0 Å². The second-order valence-electron chi connectivity index (χ2n) is 6.74. The third kappa shape index (κ3) is 4.60. The number of hydrogen-bond acceptors (Lipinski definition) is 5. The van der Waals surface area contributed by atoms with Crippen LogP contribution >= 0.6 is 12.2 Å². The van der Waals surface area contributed by atoms with Gasteiger partial charge in [-0.15, -0.1) is 0 Å². The van der Waals surface area contributed by atoms with Crippen molar-refractivity contribution in [1.29, 1.82) is 0 Å². The Labute approximate surface area is 164 Å². The first-order valence-corrected chi connectivity index (χ1v) is 9.83. The molecular weight excluding hydrogens is 360 g/mol. The van der Waals surface area contributed by atoms with Crippen LogP contribution in [0.3, 0.4) is 0 Å². The molecule has 1 saturated heterocycles. The lowest BCUT2D eigenvalue weighted by molar-refractivity contribution is 0.171. The number of piperidine rings is 1. The van der Waals surface area contributed by atoms with Gasteiger partial charge in [0.25, 0.3) is 0 Å². The van der Waals surface area contributed by atoms with Gasteiger partial charge in [-0.25, -0.2) is 4.98 Å². The molecule has 7 heteroatoms. The van der Waals surface area contributed by atoms with Crippen molar-refractivity contribution in [2.75, 3.05) is 36.5 Å². The van der Waals surface area contributed by atoms with Crippen LogP contribution in [-0.4, -0.2) is 36.4 Å². The summed E-state index contributed by atoms with van der Waals surface area (Å²) in [6.07, 6.45) is 5.65. The number of thiocarbonyl (C=S) groups is 1. The lowest BCUT2D eigenvalue weighted by Gasteiger charge is -2.27. The molecule has 1 fully saturated rings. The van der Waals surface area contributed by atoms with Crippen molar-refractivity contribution in [2.45, 2.75) is 25.8 Å². The lowest BCUT2D eigenvalue weighted by atomic mass is 10.1. The highest BCUT2D eigenvalue weighted by molar-refractivity contribution is 7.80. The van der Waals surface area contributed by atoms with Crippen LogP contribution in [0.1, 0.15) is 24.8 Å². The number of rotatable bonds is 4. The number of anilines is 2. The Morgan fingerprint density at radius 2 is 1.85 bits per heavy atom. The monoisotopic (exact) mass is 384 g/mol. The predicted octanol–water partition coefficient (Wildman–Crippen LogP) is 3.33. The molecule has 2 aliphatic rings. The largest absolute Gasteiger partial charge is 0.486 e. The minimum absolute atomic E-state index is 0.567. The van der Waals surface area contributed by atoms with E-state index in [2.05, 4.69) is 26.6 Å². The van der Waals surface area contributed by atoms with E-state index in [0.717, 1.165) is 41.7 Å². The topological polar surface area (TPSA) is 58.6 Å². The third-order valence-electron chi connectivity index (χ3n) is 4.75. The fourth-order valence-corrected chi connectivity index (χ4v) is 3.52. The Balaban J connectivity index is 1.29. The number of aromatic nitrogens is 1. The van der Waals surface area contributed by atoms with Gasteiger partial charge in [0.05, 0.1) is 11.9 Å². The second-order valence-corrected chi connectivity index (χ2v) is 7.15. The van der Waals surface area contributed by atoms with Crippen molar-refractivity contribution < 1.29 is 9.47 Å². The minimum atomic E-state index is 0.567. The normalized spacial score (nSPS) is 15.9. The van der Waals surface area contributed by atoms with Gasteiger partial charge in [0.2, 0.25) is 0 Å². The number of nitrogens with one attached hydrogen (secondary N) is 2. The summed E-state index contributed by atoms with van der Waals surface area (Å²) in [5.41, 5.74) is 1.97. The predicted molar refractivity (Wildman–Crippen MR) is 111 cm³/mol. The van der Waals surface area contributed by atoms with Gasteiger partial charge in [-0.2, -0.15) is 0 Å². The highest BCUT2D eigenvalue weighted by Gasteiger charge is 2.13. The fourth-order valence-electron chi connectivity index (χ4n) is 3.33. The van der Waals surface area contributed by atoms with Crippen LogP contribution in [0.5, 0.6) is 11.5 Å². The van der Waals surface area contributed by atoms with E-state index in [-0.39, 0.29) is 0 Å². The molecule has 0 spiro atoms. The summed E-state index contributed by atoms with van der Waals surface area (Å²) in [6.45, 7) is 3.99. The SMILES string of the molecule is S=C(NCc1ccc2c(c1)OCCO2)Nc1ccc(N2CCCCC2)nc1. The maximum Gasteiger partial charge on any atom is 0.171 e. The average molecular weight is 385 g/mol. The number of hydrogen-bond donors (Lipinski definition) is 2. The van der Waals surface area contributed by atoms with Crippen molar-refractivity contribution in [3.05, 3.63) is 42.1 Å². The molecule has 1 aromatic carbocycles. The molecule has 0 atom stereocenters. The van der Waals surface area contributed by atoms with Crippen LogP contribution in [0.15, 0.2) is 36.5 Å². The Morgan fingerprint density at radius 1 is 1.04 bits per heavy atom. The Kier molecular flexibility index (Phi) is 5.58. The summed E-state index contributed by atoms with van der Waals surface area (Å²) in [5.74, 6) is 2.62. The zero-order valence-corrected chi connectivity index (χ0v) is 16.1. The Bertz CT molecular complexity index is 791. The number of nitrogens with zero attached hydrogens (tertiary/aromatic N) is 2. The lowest BCUT2D eigenvalue weighted by Crippen LogP contribution is -2.30. The first kappa shape index (κ1) is 17.9. The van der Waals surface area contributed by atoms with E-state index in [0.29, 0.717) is 24.9 Å². The zero-order chi connectivity index (χ0) is 18.5. The molecular formula is C20H24N4O2S. The van der Waals surface area contributed by atoms with Crippen molar-refractivity contribution >= 4 is 28.8 Å². The smallest absolute Gasteiger partial charge is 0.171 e. The van der Waals surface area contributed by atoms with E-state index in [1.165, 1.54) is 19.3 Å². The molecule has 2 N–H and O–H groups in total. The summed E-state index contributed by atoms with van der Waals surface area (Å²) in [4.78, 5) is 6.91. The molecule has 3 heterocycles. The summed E-state index contributed by atoms with van der Waals surface area (Å²) < 4.78 is 11.2. The van der Waals surface area contributed by atoms with E-state index < -0.39 is 0 Å². The summed E-state index contributed by atoms with van der Waals surface area (Å²) >= 11 is 5.40. The molecule has 2 aromatic rings. The number of pyridine rings is 1. The summed E-state index contributed by atoms with van der Waals surface area (Å²) in [5, 5.41) is 6.97. The first-order valence-electron chi connectivity index (χ1n) is 9.42. The van der Waals surface area contributed by atoms with E-state index in [1.54, 1.807) is 0 Å². The minimum Gasteiger partial charge on any atom is -0.486 e. The molecule has 0 amide bonds. The van der Waals surface area contributed by atoms with Gasteiger partial charge < -0.3 is 25.0 Å². The van der Waals surface area contributed by atoms with E-state index in [9.17, 15) is 0 Å². The molecule has 0 saturated carbocycles. The van der Waals surface area contributed by atoms with E-state index >= 15 is 0 Å². The number of benzene rings is 1. The second kappa shape index (κ2) is 8.43. The average Bonchev–Trinajstić information content (AvgIpc) is 2.73. The standard InChI is InChI=1S/C20H24N4O2S/c27-20(22-13-15-4-6-17-18(12-15)26-11-10-25-17)23-16-5-7-19(21-14-16)24-8-2-1-3-9-24/h4-7,12,14H,1-3,8-11,13H2,(H2,22,23,27). The van der Waals surface area contributed by atoms with Crippen LogP contribution < -0.4 is 25.0 Å². The van der Waals surface area contributed by atoms with Gasteiger partial charge in [0.1, 0.15) is 19.0 Å². The molecule has 1 aromatic heterocycles. The highest BCUT2D eigenvalue weighted by Crippen LogP contribution is 2.30. The van der Waals surface area contributed by atoms with Crippen LogP contribution in [0.4, 0.5) is 11.5 Å². The highest BCUT2D eigenvalue weighted by atomic mass is 32.1. The maximum absolute atomic E-state index is 5.61. The molecule has 6 nitrogen and oxygen atoms in total. The van der Waals surface area contributed by atoms with Crippen LogP contribution in [0, 0.1) is 0 Å². The molecule has 0 unspecified atom stereocenters. The van der Waals surface area contributed by atoms with E-state index in [4.69, 9.17) is 21.7 Å². The zero-order valence-electron chi connectivity index (χ0n) is 15.2.